The van der Waals surface area contributed by atoms with Crippen molar-refractivity contribution in [2.24, 2.45) is 0 Å². The van der Waals surface area contributed by atoms with E-state index in [4.69, 9.17) is 9.15 Å². The van der Waals surface area contributed by atoms with E-state index in [0.717, 1.165) is 12.3 Å². The molecule has 100 valence electrons. The van der Waals surface area contributed by atoms with E-state index in [-0.39, 0.29) is 11.6 Å². The van der Waals surface area contributed by atoms with E-state index in [1.54, 1.807) is 6.26 Å². The molecule has 2 heterocycles. The second-order valence-electron chi connectivity index (χ2n) is 5.81. The van der Waals surface area contributed by atoms with Gasteiger partial charge in [0.1, 0.15) is 5.76 Å². The molecular weight excluding hydrogens is 226 g/mol. The Kier molecular flexibility index (Phi) is 3.44. The Morgan fingerprint density at radius 3 is 2.94 bits per heavy atom. The van der Waals surface area contributed by atoms with Crippen LogP contribution in [0.3, 0.4) is 0 Å². The summed E-state index contributed by atoms with van der Waals surface area (Å²) < 4.78 is 11.7. The van der Waals surface area contributed by atoms with Crippen LogP contribution in [0.15, 0.2) is 22.8 Å². The Morgan fingerprint density at radius 2 is 2.22 bits per heavy atom. The minimum absolute atomic E-state index is 0.250. The van der Waals surface area contributed by atoms with Gasteiger partial charge in [0.25, 0.3) is 0 Å². The van der Waals surface area contributed by atoms with Gasteiger partial charge in [-0.05, 0) is 44.7 Å². The van der Waals surface area contributed by atoms with Crippen LogP contribution in [0.2, 0.25) is 0 Å². The summed E-state index contributed by atoms with van der Waals surface area (Å²) in [5.41, 5.74) is 0.250. The molecule has 1 saturated carbocycles. The summed E-state index contributed by atoms with van der Waals surface area (Å²) in [5, 5.41) is 3.51. The predicted molar refractivity (Wildman–Crippen MR) is 70.4 cm³/mol. The number of furan rings is 1. The fraction of sp³-hybridized carbons (Fsp3) is 0.733. The summed E-state index contributed by atoms with van der Waals surface area (Å²) in [6, 6.07) is 4.22. The van der Waals surface area contributed by atoms with E-state index in [0.29, 0.717) is 6.10 Å². The van der Waals surface area contributed by atoms with E-state index in [1.807, 2.05) is 12.1 Å². The normalized spacial score (nSPS) is 27.9. The summed E-state index contributed by atoms with van der Waals surface area (Å²) in [7, 11) is 0. The lowest BCUT2D eigenvalue weighted by molar-refractivity contribution is -0.0359. The highest BCUT2D eigenvalue weighted by Crippen LogP contribution is 2.43. The zero-order chi connectivity index (χ0) is 12.4. The Balaban J connectivity index is 1.47. The number of ether oxygens (including phenoxy) is 1. The number of nitrogens with one attached hydrogen (secondary N) is 1. The van der Waals surface area contributed by atoms with Crippen LogP contribution in [0.5, 0.6) is 0 Å². The maximum absolute atomic E-state index is 6.28. The fourth-order valence-corrected chi connectivity index (χ4v) is 3.37. The minimum Gasteiger partial charge on any atom is -0.468 e. The molecule has 1 aliphatic carbocycles. The summed E-state index contributed by atoms with van der Waals surface area (Å²) in [6.45, 7) is 3.07. The molecular formula is C15H23NO2. The molecule has 1 unspecified atom stereocenters. The highest BCUT2D eigenvalue weighted by Gasteiger charge is 2.41. The van der Waals surface area contributed by atoms with Crippen molar-refractivity contribution < 1.29 is 9.15 Å². The topological polar surface area (TPSA) is 34.4 Å². The van der Waals surface area contributed by atoms with Crippen LogP contribution < -0.4 is 5.32 Å². The molecule has 3 heteroatoms. The molecule has 1 aliphatic heterocycles. The average molecular weight is 249 g/mol. The lowest BCUT2D eigenvalue weighted by Gasteiger charge is -2.24. The quantitative estimate of drug-likeness (QED) is 0.887. The molecule has 0 bridgehead atoms. The Labute approximate surface area is 109 Å². The van der Waals surface area contributed by atoms with E-state index in [1.165, 1.54) is 38.5 Å². The van der Waals surface area contributed by atoms with Crippen molar-refractivity contribution in [3.8, 4) is 0 Å². The van der Waals surface area contributed by atoms with E-state index >= 15 is 0 Å². The van der Waals surface area contributed by atoms with Gasteiger partial charge in [-0.1, -0.05) is 12.8 Å². The van der Waals surface area contributed by atoms with Gasteiger partial charge in [-0.25, -0.2) is 0 Å². The molecule has 18 heavy (non-hydrogen) atoms. The second-order valence-corrected chi connectivity index (χ2v) is 5.81. The lowest BCUT2D eigenvalue weighted by Crippen LogP contribution is -2.32. The van der Waals surface area contributed by atoms with Gasteiger partial charge in [-0.2, -0.15) is 0 Å². The van der Waals surface area contributed by atoms with E-state index < -0.39 is 0 Å². The van der Waals surface area contributed by atoms with Gasteiger partial charge < -0.3 is 14.5 Å². The fourth-order valence-electron chi connectivity index (χ4n) is 3.37. The largest absolute Gasteiger partial charge is 0.468 e. The molecule has 0 aromatic carbocycles. The molecule has 1 aromatic heterocycles. The second kappa shape index (κ2) is 5.06. The third-order valence-corrected chi connectivity index (χ3v) is 4.48. The number of hydrogen-bond acceptors (Lipinski definition) is 3. The first kappa shape index (κ1) is 12.2. The van der Waals surface area contributed by atoms with Gasteiger partial charge >= 0.3 is 0 Å². The van der Waals surface area contributed by atoms with E-state index in [9.17, 15) is 0 Å². The van der Waals surface area contributed by atoms with Crippen molar-refractivity contribution in [1.29, 1.82) is 0 Å². The molecule has 1 saturated heterocycles. The van der Waals surface area contributed by atoms with Crippen LogP contribution in [-0.4, -0.2) is 18.2 Å². The summed E-state index contributed by atoms with van der Waals surface area (Å²) in [5.74, 6) is 1.00. The molecule has 1 aromatic rings. The molecule has 2 aliphatic rings. The highest BCUT2D eigenvalue weighted by atomic mass is 16.5. The van der Waals surface area contributed by atoms with Gasteiger partial charge in [0.05, 0.1) is 24.0 Å². The Bertz CT molecular complexity index is 368. The van der Waals surface area contributed by atoms with Gasteiger partial charge in [0, 0.05) is 6.54 Å². The molecule has 3 nitrogen and oxygen atoms in total. The Morgan fingerprint density at radius 1 is 1.39 bits per heavy atom. The predicted octanol–water partition coefficient (Wildman–Crippen LogP) is 3.42. The van der Waals surface area contributed by atoms with Crippen LogP contribution in [0, 0.1) is 0 Å². The van der Waals surface area contributed by atoms with Crippen molar-refractivity contribution in [2.75, 3.05) is 6.54 Å². The third-order valence-electron chi connectivity index (χ3n) is 4.48. The van der Waals surface area contributed by atoms with Gasteiger partial charge in [-0.15, -0.1) is 0 Å². The maximum Gasteiger partial charge on any atom is 0.120 e. The van der Waals surface area contributed by atoms with E-state index in [2.05, 4.69) is 12.2 Å². The molecule has 0 radical (unpaired) electrons. The van der Waals surface area contributed by atoms with Crippen LogP contribution in [0.4, 0.5) is 0 Å². The lowest BCUT2D eigenvalue weighted by atomic mass is 9.98. The monoisotopic (exact) mass is 249 g/mol. The van der Waals surface area contributed by atoms with Crippen molar-refractivity contribution >= 4 is 0 Å². The van der Waals surface area contributed by atoms with Crippen LogP contribution in [0.25, 0.3) is 0 Å². The zero-order valence-electron chi connectivity index (χ0n) is 11.2. The number of hydrogen-bond donors (Lipinski definition) is 1. The SMILES string of the molecule is C[C@H](NCC1CCC2(CCCC2)O1)c1ccco1. The van der Waals surface area contributed by atoms with Crippen molar-refractivity contribution in [1.82, 2.24) is 5.32 Å². The maximum atomic E-state index is 6.28. The Hall–Kier alpha value is -0.800. The molecule has 1 N–H and O–H groups in total. The van der Waals surface area contributed by atoms with Crippen molar-refractivity contribution in [3.05, 3.63) is 24.2 Å². The smallest absolute Gasteiger partial charge is 0.120 e. The van der Waals surface area contributed by atoms with Gasteiger partial charge in [0.15, 0.2) is 0 Å². The van der Waals surface area contributed by atoms with Crippen LogP contribution in [0.1, 0.15) is 57.3 Å². The molecule has 3 rings (SSSR count). The number of rotatable bonds is 4. The van der Waals surface area contributed by atoms with Crippen molar-refractivity contribution in [2.45, 2.75) is 63.2 Å². The van der Waals surface area contributed by atoms with Crippen LogP contribution in [-0.2, 0) is 4.74 Å². The molecule has 2 atom stereocenters. The van der Waals surface area contributed by atoms with Crippen LogP contribution >= 0.6 is 0 Å². The molecule has 0 amide bonds. The third kappa shape index (κ3) is 2.47. The highest BCUT2D eigenvalue weighted by molar-refractivity contribution is 5.03. The molecule has 2 fully saturated rings. The first-order chi connectivity index (χ1) is 8.77. The summed E-state index contributed by atoms with van der Waals surface area (Å²) >= 11 is 0. The summed E-state index contributed by atoms with van der Waals surface area (Å²) in [6.07, 6.45) is 9.83. The zero-order valence-corrected chi connectivity index (χ0v) is 11.2. The average Bonchev–Trinajstić information content (AvgIpc) is 3.09. The van der Waals surface area contributed by atoms with Gasteiger partial charge in [0.2, 0.25) is 0 Å². The first-order valence-electron chi connectivity index (χ1n) is 7.22. The standard InChI is InChI=1S/C15H23NO2/c1-12(14-5-4-10-17-14)16-11-13-6-9-15(18-13)7-2-3-8-15/h4-5,10,12-13,16H,2-3,6-9,11H2,1H3/t12-,13?/m0/s1. The minimum atomic E-state index is 0.250. The summed E-state index contributed by atoms with van der Waals surface area (Å²) in [4.78, 5) is 0. The van der Waals surface area contributed by atoms with Gasteiger partial charge in [-0.3, -0.25) is 0 Å². The molecule has 1 spiro atoms. The first-order valence-corrected chi connectivity index (χ1v) is 7.22. The van der Waals surface area contributed by atoms with Crippen molar-refractivity contribution in [3.63, 3.8) is 0 Å².